The molecule has 238 valence electrons. The van der Waals surface area contributed by atoms with Crippen LogP contribution in [-0.2, 0) is 4.79 Å². The zero-order valence-corrected chi connectivity index (χ0v) is 26.9. The Bertz CT molecular complexity index is 1690. The van der Waals surface area contributed by atoms with Gasteiger partial charge in [0.05, 0.1) is 17.5 Å². The average Bonchev–Trinajstić information content (AvgIpc) is 3.52. The Kier molecular flexibility index (Phi) is 9.36. The number of nitrogens with zero attached hydrogens (tertiary/aromatic N) is 3. The molecule has 45 heavy (non-hydrogen) atoms. The number of pyridine rings is 1. The summed E-state index contributed by atoms with van der Waals surface area (Å²) in [6.45, 7) is 11.0. The smallest absolute Gasteiger partial charge is 0.287 e. The number of aromatic nitrogens is 3. The molecule has 2 aliphatic rings. The second-order valence-corrected chi connectivity index (χ2v) is 13.1. The van der Waals surface area contributed by atoms with Gasteiger partial charge in [0, 0.05) is 23.4 Å². The summed E-state index contributed by atoms with van der Waals surface area (Å²) in [5, 5.41) is 23.4. The molecule has 9 nitrogen and oxygen atoms in total. The molecule has 0 spiro atoms. The number of benzene rings is 1. The lowest BCUT2D eigenvalue weighted by Gasteiger charge is -2.24. The van der Waals surface area contributed by atoms with E-state index >= 15 is 4.39 Å². The summed E-state index contributed by atoms with van der Waals surface area (Å²) in [5.41, 5.74) is 3.73. The second-order valence-electron chi connectivity index (χ2n) is 13.1. The van der Waals surface area contributed by atoms with Crippen molar-refractivity contribution in [3.8, 4) is 11.3 Å². The number of aliphatic hydroxyl groups excluding tert-OH is 1. The molecule has 1 unspecified atom stereocenters. The van der Waals surface area contributed by atoms with E-state index in [0.717, 1.165) is 42.5 Å². The largest absolute Gasteiger partial charge is 0.388 e. The highest BCUT2D eigenvalue weighted by atomic mass is 19.1. The van der Waals surface area contributed by atoms with Gasteiger partial charge >= 0.3 is 0 Å². The van der Waals surface area contributed by atoms with Gasteiger partial charge in [-0.2, -0.15) is 5.10 Å². The molecule has 1 amide bonds. The number of anilines is 3. The first-order valence-electron chi connectivity index (χ1n) is 15.6. The molecule has 5 rings (SSSR count). The van der Waals surface area contributed by atoms with Gasteiger partial charge in [-0.25, -0.2) is 14.5 Å². The van der Waals surface area contributed by atoms with Crippen molar-refractivity contribution < 1.29 is 14.3 Å². The molecule has 1 fully saturated rings. The molecular weight excluding hydrogens is 571 g/mol. The summed E-state index contributed by atoms with van der Waals surface area (Å²) in [7, 11) is 2.11. The second kappa shape index (κ2) is 13.1. The van der Waals surface area contributed by atoms with E-state index in [1.54, 1.807) is 12.1 Å². The minimum absolute atomic E-state index is 0.0126. The highest BCUT2D eigenvalue weighted by Gasteiger charge is 2.37. The van der Waals surface area contributed by atoms with E-state index in [2.05, 4.69) is 37.8 Å². The molecule has 4 N–H and O–H groups in total. The average molecular weight is 615 g/mol. The molecule has 1 aromatic carbocycles. The Morgan fingerprint density at radius 3 is 2.64 bits per heavy atom. The number of aliphatic hydroxyl groups is 1. The fourth-order valence-corrected chi connectivity index (χ4v) is 6.32. The molecular formula is C35H43FN6O3. The van der Waals surface area contributed by atoms with Crippen LogP contribution in [0.2, 0.25) is 0 Å². The van der Waals surface area contributed by atoms with E-state index in [9.17, 15) is 14.7 Å². The first kappa shape index (κ1) is 32.2. The minimum Gasteiger partial charge on any atom is -0.388 e. The number of amides is 1. The summed E-state index contributed by atoms with van der Waals surface area (Å²) in [4.78, 5) is 33.0. The number of nitrogens with one attached hydrogen (secondary N) is 3. The van der Waals surface area contributed by atoms with E-state index in [1.807, 2.05) is 52.9 Å². The monoisotopic (exact) mass is 614 g/mol. The number of halogens is 1. The van der Waals surface area contributed by atoms with Crippen LogP contribution in [0.25, 0.3) is 11.3 Å². The minimum atomic E-state index is -0.694. The number of allylic oxidation sites excluding steroid dienone is 1. The summed E-state index contributed by atoms with van der Waals surface area (Å²) in [6, 6.07) is 10.1. The van der Waals surface area contributed by atoms with Crippen molar-refractivity contribution in [1.29, 1.82) is 0 Å². The topological polar surface area (TPSA) is 123 Å². The van der Waals surface area contributed by atoms with Gasteiger partial charge in [-0.3, -0.25) is 14.5 Å². The van der Waals surface area contributed by atoms with E-state index < -0.39 is 23.4 Å². The fourth-order valence-electron chi connectivity index (χ4n) is 6.32. The van der Waals surface area contributed by atoms with Crippen molar-refractivity contribution >= 4 is 23.1 Å². The number of hydrogen-bond donors (Lipinski definition) is 4. The molecule has 10 heteroatoms. The lowest BCUT2D eigenvalue weighted by molar-refractivity contribution is -0.113. The van der Waals surface area contributed by atoms with Crippen LogP contribution < -0.4 is 16.2 Å². The zero-order valence-electron chi connectivity index (χ0n) is 26.9. The van der Waals surface area contributed by atoms with Crippen molar-refractivity contribution in [3.05, 3.63) is 87.1 Å². The van der Waals surface area contributed by atoms with E-state index in [1.165, 1.54) is 18.2 Å². The first-order chi connectivity index (χ1) is 21.4. The Balaban J connectivity index is 1.37. The van der Waals surface area contributed by atoms with Gasteiger partial charge in [0.1, 0.15) is 17.3 Å². The number of carbonyl (C=O) groups excluding carboxylic acids is 1. The lowest BCUT2D eigenvalue weighted by atomic mass is 9.85. The molecule has 3 aromatic rings. The van der Waals surface area contributed by atoms with E-state index in [0.29, 0.717) is 35.1 Å². The Labute approximate surface area is 263 Å². The highest BCUT2D eigenvalue weighted by molar-refractivity contribution is 6.04. The van der Waals surface area contributed by atoms with Crippen LogP contribution >= 0.6 is 0 Å². The molecule has 2 aromatic heterocycles. The normalized spacial score (nSPS) is 20.8. The molecule has 1 saturated heterocycles. The van der Waals surface area contributed by atoms with Crippen LogP contribution in [0, 0.1) is 17.2 Å². The number of rotatable bonds is 9. The van der Waals surface area contributed by atoms with E-state index in [4.69, 9.17) is 0 Å². The van der Waals surface area contributed by atoms with Crippen molar-refractivity contribution in [2.75, 3.05) is 24.2 Å². The van der Waals surface area contributed by atoms with Gasteiger partial charge in [-0.1, -0.05) is 39.3 Å². The van der Waals surface area contributed by atoms with Crippen LogP contribution in [-0.4, -0.2) is 50.8 Å². The molecule has 0 saturated carbocycles. The summed E-state index contributed by atoms with van der Waals surface area (Å²) >= 11 is 0. The third kappa shape index (κ3) is 6.92. The molecule has 1 aliphatic heterocycles. The van der Waals surface area contributed by atoms with Crippen molar-refractivity contribution in [2.45, 2.75) is 72.4 Å². The van der Waals surface area contributed by atoms with Crippen molar-refractivity contribution in [1.82, 2.24) is 20.1 Å². The SMILES string of the molecule is CCC(C)/C(=C\C1=C(C)CC(C)(C)[C@H]1O)C(=O)Nc1cc(-c2cc(Nc3ccc([C@@H]4CCCN4C)cn3)c(=O)[nH]n2)ccc1F. The molecule has 1 aliphatic carbocycles. The third-order valence-electron chi connectivity index (χ3n) is 9.23. The van der Waals surface area contributed by atoms with Crippen LogP contribution in [0.4, 0.5) is 21.6 Å². The van der Waals surface area contributed by atoms with Gasteiger partial charge < -0.3 is 15.7 Å². The maximum atomic E-state index is 15.0. The third-order valence-corrected chi connectivity index (χ3v) is 9.23. The van der Waals surface area contributed by atoms with Gasteiger partial charge in [0.25, 0.3) is 11.5 Å². The predicted molar refractivity (Wildman–Crippen MR) is 176 cm³/mol. The summed E-state index contributed by atoms with van der Waals surface area (Å²) < 4.78 is 15.0. The van der Waals surface area contributed by atoms with Gasteiger partial charge in [0.2, 0.25) is 0 Å². The van der Waals surface area contributed by atoms with Crippen LogP contribution in [0.5, 0.6) is 0 Å². The highest BCUT2D eigenvalue weighted by Crippen LogP contribution is 2.42. The standard InChI is InChI=1S/C35H43FN6O3/c1-7-20(2)25(16-24-21(3)18-35(4,5)32(24)43)33(44)39-28-15-22(10-12-26(28)36)27-17-29(34(45)41-40-27)38-31-13-11-23(19-37-31)30-9-8-14-42(30)6/h10-13,15-17,19-20,30,32,43H,7-9,14,18H2,1-6H3,(H,39,44)(H,41,45)(H,37,38,40)/b25-16+/t20?,30-,32-/m0/s1. The van der Waals surface area contributed by atoms with Crippen molar-refractivity contribution in [2.24, 2.45) is 11.3 Å². The summed E-state index contributed by atoms with van der Waals surface area (Å²) in [5.74, 6) is -0.649. The van der Waals surface area contributed by atoms with Gasteiger partial charge in [-0.15, -0.1) is 0 Å². The Morgan fingerprint density at radius 1 is 1.24 bits per heavy atom. The Morgan fingerprint density at radius 2 is 2.02 bits per heavy atom. The summed E-state index contributed by atoms with van der Waals surface area (Å²) in [6.07, 6.45) is 6.58. The number of hydrogen-bond acceptors (Lipinski definition) is 7. The lowest BCUT2D eigenvalue weighted by Crippen LogP contribution is -2.26. The quantitative estimate of drug-likeness (QED) is 0.203. The van der Waals surface area contributed by atoms with Crippen LogP contribution in [0.15, 0.2) is 70.2 Å². The number of carbonyl (C=O) groups is 1. The molecule has 0 bridgehead atoms. The van der Waals surface area contributed by atoms with Gasteiger partial charge in [0.15, 0.2) is 0 Å². The maximum Gasteiger partial charge on any atom is 0.287 e. The number of likely N-dealkylation sites (tertiary alicyclic amines) is 1. The predicted octanol–water partition coefficient (Wildman–Crippen LogP) is 6.50. The Hall–Kier alpha value is -4.15. The molecule has 3 atom stereocenters. The number of H-pyrrole nitrogens is 1. The first-order valence-corrected chi connectivity index (χ1v) is 15.6. The van der Waals surface area contributed by atoms with E-state index in [-0.39, 0.29) is 22.7 Å². The van der Waals surface area contributed by atoms with Crippen LogP contribution in [0.3, 0.4) is 0 Å². The van der Waals surface area contributed by atoms with Gasteiger partial charge in [-0.05, 0) is 105 Å². The zero-order chi connectivity index (χ0) is 32.5. The number of aromatic amines is 1. The van der Waals surface area contributed by atoms with Crippen molar-refractivity contribution in [3.63, 3.8) is 0 Å². The fraction of sp³-hybridized carbons (Fsp3) is 0.429. The molecule has 0 radical (unpaired) electrons. The molecule has 3 heterocycles. The van der Waals surface area contributed by atoms with Crippen LogP contribution in [0.1, 0.15) is 71.9 Å². The maximum absolute atomic E-state index is 15.0.